The van der Waals surface area contributed by atoms with Gasteiger partial charge in [0.2, 0.25) is 0 Å². The maximum absolute atomic E-state index is 11.3. The van der Waals surface area contributed by atoms with Crippen LogP contribution in [0.5, 0.6) is 5.75 Å². The zero-order valence-corrected chi connectivity index (χ0v) is 13.5. The minimum absolute atomic E-state index is 0.0240. The average Bonchev–Trinajstić information content (AvgIpc) is 2.57. The number of carbonyl (C=O) groups is 2. The van der Waals surface area contributed by atoms with E-state index in [4.69, 9.17) is 14.2 Å². The van der Waals surface area contributed by atoms with Crippen LogP contribution >= 0.6 is 0 Å². The number of ether oxygens (including phenoxy) is 3. The lowest BCUT2D eigenvalue weighted by molar-refractivity contribution is 0.132. The molecule has 0 unspecified atom stereocenters. The molecule has 0 bridgehead atoms. The molecule has 126 valence electrons. The third-order valence-corrected chi connectivity index (χ3v) is 2.86. The van der Waals surface area contributed by atoms with E-state index in [1.165, 1.54) is 14.1 Å². The number of pyridine rings is 1. The van der Waals surface area contributed by atoms with Crippen LogP contribution in [-0.4, -0.2) is 37.9 Å². The Morgan fingerprint density at radius 2 is 1.83 bits per heavy atom. The van der Waals surface area contributed by atoms with Gasteiger partial charge >= 0.3 is 12.2 Å². The van der Waals surface area contributed by atoms with Crippen LogP contribution < -0.4 is 15.4 Å². The molecule has 0 aliphatic carbocycles. The van der Waals surface area contributed by atoms with Gasteiger partial charge in [-0.15, -0.1) is 0 Å². The van der Waals surface area contributed by atoms with Crippen molar-refractivity contribution in [1.82, 2.24) is 15.6 Å². The largest absolute Gasteiger partial charge is 0.487 e. The summed E-state index contributed by atoms with van der Waals surface area (Å²) in [5.74, 6) is 0.479. The Morgan fingerprint density at radius 3 is 2.39 bits per heavy atom. The van der Waals surface area contributed by atoms with Gasteiger partial charge in [0.15, 0.2) is 0 Å². The zero-order chi connectivity index (χ0) is 17.2. The van der Waals surface area contributed by atoms with Crippen molar-refractivity contribution in [3.05, 3.63) is 35.7 Å². The Kier molecular flexibility index (Phi) is 7.38. The number of carbonyl (C=O) groups excluding carboxylic acids is 2. The monoisotopic (exact) mass is 323 g/mol. The molecule has 0 saturated carbocycles. The highest BCUT2D eigenvalue weighted by molar-refractivity contribution is 5.67. The van der Waals surface area contributed by atoms with E-state index >= 15 is 0 Å². The number of nitrogens with one attached hydrogen (secondary N) is 2. The Balaban J connectivity index is 3.07. The van der Waals surface area contributed by atoms with E-state index in [9.17, 15) is 9.59 Å². The van der Waals surface area contributed by atoms with E-state index in [2.05, 4.69) is 22.2 Å². The van der Waals surface area contributed by atoms with Crippen LogP contribution in [0.3, 0.4) is 0 Å². The van der Waals surface area contributed by atoms with Gasteiger partial charge in [-0.25, -0.2) is 9.59 Å². The molecule has 0 aromatic carbocycles. The van der Waals surface area contributed by atoms with Gasteiger partial charge < -0.3 is 24.8 Å². The maximum atomic E-state index is 11.3. The quantitative estimate of drug-likeness (QED) is 0.741. The molecule has 2 amide bonds. The molecule has 0 atom stereocenters. The molecule has 1 aromatic heterocycles. The number of alkyl carbamates (subject to hydrolysis) is 2. The number of hydrogen-bond acceptors (Lipinski definition) is 6. The molecule has 8 heteroatoms. The second-order valence-electron chi connectivity index (χ2n) is 4.43. The molecule has 1 heterocycles. The Morgan fingerprint density at radius 1 is 1.22 bits per heavy atom. The van der Waals surface area contributed by atoms with Crippen LogP contribution in [0.2, 0.25) is 0 Å². The maximum Gasteiger partial charge on any atom is 0.407 e. The number of aromatic nitrogens is 1. The topological polar surface area (TPSA) is 98.8 Å². The van der Waals surface area contributed by atoms with Crippen molar-refractivity contribution < 1.29 is 23.8 Å². The predicted molar refractivity (Wildman–Crippen MR) is 83.2 cm³/mol. The Labute approximate surface area is 134 Å². The first-order valence-corrected chi connectivity index (χ1v) is 6.93. The lowest BCUT2D eigenvalue weighted by atomic mass is 10.1. The van der Waals surface area contributed by atoms with E-state index in [1.54, 1.807) is 19.2 Å². The van der Waals surface area contributed by atoms with Gasteiger partial charge in [-0.05, 0) is 6.92 Å². The molecule has 0 aliphatic rings. The predicted octanol–water partition coefficient (Wildman–Crippen LogP) is 1.67. The summed E-state index contributed by atoms with van der Waals surface area (Å²) in [6.45, 7) is 5.58. The molecule has 0 aliphatic heterocycles. The summed E-state index contributed by atoms with van der Waals surface area (Å²) in [4.78, 5) is 26.8. The van der Waals surface area contributed by atoms with Gasteiger partial charge in [0, 0.05) is 31.4 Å². The van der Waals surface area contributed by atoms with Gasteiger partial charge in [0.05, 0.1) is 5.69 Å². The van der Waals surface area contributed by atoms with E-state index in [0.717, 1.165) is 0 Å². The fraction of sp³-hybridized carbons (Fsp3) is 0.400. The van der Waals surface area contributed by atoms with E-state index in [-0.39, 0.29) is 19.8 Å². The van der Waals surface area contributed by atoms with Gasteiger partial charge in [-0.3, -0.25) is 4.98 Å². The second-order valence-corrected chi connectivity index (χ2v) is 4.43. The lowest BCUT2D eigenvalue weighted by Crippen LogP contribution is -2.21. The molecule has 1 aromatic rings. The van der Waals surface area contributed by atoms with Crippen LogP contribution in [-0.2, 0) is 22.7 Å². The second kappa shape index (κ2) is 9.29. The van der Waals surface area contributed by atoms with E-state index in [0.29, 0.717) is 22.6 Å². The lowest BCUT2D eigenvalue weighted by Gasteiger charge is -2.16. The van der Waals surface area contributed by atoms with Crippen molar-refractivity contribution >= 4 is 12.2 Å². The van der Waals surface area contributed by atoms with Crippen molar-refractivity contribution in [1.29, 1.82) is 0 Å². The van der Waals surface area contributed by atoms with Crippen LogP contribution in [0, 0.1) is 6.92 Å². The van der Waals surface area contributed by atoms with Crippen molar-refractivity contribution in [2.24, 2.45) is 0 Å². The van der Waals surface area contributed by atoms with E-state index in [1.807, 2.05) is 0 Å². The third kappa shape index (κ3) is 5.50. The summed E-state index contributed by atoms with van der Waals surface area (Å²) >= 11 is 0. The molecule has 2 N–H and O–H groups in total. The highest BCUT2D eigenvalue weighted by atomic mass is 16.6. The van der Waals surface area contributed by atoms with Crippen molar-refractivity contribution in [3.63, 3.8) is 0 Å². The molecule has 0 saturated heterocycles. The van der Waals surface area contributed by atoms with E-state index < -0.39 is 12.2 Å². The molecular weight excluding hydrogens is 302 g/mol. The summed E-state index contributed by atoms with van der Waals surface area (Å²) in [6.07, 6.45) is 2.00. The van der Waals surface area contributed by atoms with Gasteiger partial charge in [-0.2, -0.15) is 0 Å². The number of aryl methyl sites for hydroxylation is 1. The van der Waals surface area contributed by atoms with Crippen LogP contribution in [0.1, 0.15) is 16.8 Å². The minimum Gasteiger partial charge on any atom is -0.487 e. The van der Waals surface area contributed by atoms with Crippen molar-refractivity contribution in [3.8, 4) is 5.75 Å². The van der Waals surface area contributed by atoms with Crippen molar-refractivity contribution in [2.45, 2.75) is 20.1 Å². The fourth-order valence-electron chi connectivity index (χ4n) is 1.72. The zero-order valence-electron chi connectivity index (χ0n) is 13.5. The third-order valence-electron chi connectivity index (χ3n) is 2.86. The summed E-state index contributed by atoms with van der Waals surface area (Å²) in [5.41, 5.74) is 1.81. The minimum atomic E-state index is -0.577. The number of rotatable bonds is 7. The van der Waals surface area contributed by atoms with Gasteiger partial charge in [0.25, 0.3) is 0 Å². The first kappa shape index (κ1) is 18.3. The fourth-order valence-corrected chi connectivity index (χ4v) is 1.72. The van der Waals surface area contributed by atoms with Crippen molar-refractivity contribution in [2.75, 3.05) is 20.7 Å². The summed E-state index contributed by atoms with van der Waals surface area (Å²) in [5, 5.41) is 4.72. The number of hydrogen-bond donors (Lipinski definition) is 2. The average molecular weight is 323 g/mol. The first-order valence-electron chi connectivity index (χ1n) is 6.93. The number of nitrogens with zero attached hydrogens (tertiary/aromatic N) is 1. The smallest absolute Gasteiger partial charge is 0.407 e. The molecule has 8 nitrogen and oxygen atoms in total. The van der Waals surface area contributed by atoms with Gasteiger partial charge in [-0.1, -0.05) is 12.7 Å². The summed E-state index contributed by atoms with van der Waals surface area (Å²) in [6, 6.07) is 0. The molecular formula is C15H21N3O5. The SMILES string of the molecule is C=CCOc1c(C)ncc(COC(=O)NC)c1COC(=O)NC. The Hall–Kier alpha value is -2.77. The normalized spacial score (nSPS) is 9.70. The standard InChI is InChI=1S/C15H21N3O5/c1-5-6-21-13-10(2)18-7-11(8-22-14(19)16-3)12(13)9-23-15(20)17-4/h5,7H,1,6,8-9H2,2-4H3,(H,16,19)(H,17,20). The highest BCUT2D eigenvalue weighted by Gasteiger charge is 2.17. The first-order chi connectivity index (χ1) is 11.0. The van der Waals surface area contributed by atoms with Crippen LogP contribution in [0.4, 0.5) is 9.59 Å². The van der Waals surface area contributed by atoms with Crippen LogP contribution in [0.25, 0.3) is 0 Å². The summed E-state index contributed by atoms with van der Waals surface area (Å²) in [7, 11) is 2.93. The van der Waals surface area contributed by atoms with Crippen LogP contribution in [0.15, 0.2) is 18.9 Å². The van der Waals surface area contributed by atoms with Gasteiger partial charge in [0.1, 0.15) is 25.6 Å². The summed E-state index contributed by atoms with van der Waals surface area (Å²) < 4.78 is 15.7. The highest BCUT2D eigenvalue weighted by Crippen LogP contribution is 2.27. The molecule has 0 spiro atoms. The number of amides is 2. The molecule has 23 heavy (non-hydrogen) atoms. The molecule has 0 fully saturated rings. The molecule has 1 rings (SSSR count). The molecule has 0 radical (unpaired) electrons. The Bertz CT molecular complexity index is 574.